The van der Waals surface area contributed by atoms with Gasteiger partial charge in [0.15, 0.2) is 0 Å². The first-order valence-corrected chi connectivity index (χ1v) is 14.6. The minimum Gasteiger partial charge on any atom is -0.462 e. The van der Waals surface area contributed by atoms with E-state index < -0.39 is 28.8 Å². The number of ether oxygens (including phenoxy) is 2. The summed E-state index contributed by atoms with van der Waals surface area (Å²) in [5.41, 5.74) is 0.858. The third-order valence-electron chi connectivity index (χ3n) is 7.28. The van der Waals surface area contributed by atoms with Crippen molar-refractivity contribution in [2.45, 2.75) is 58.8 Å². The molecule has 0 bridgehead atoms. The lowest BCUT2D eigenvalue weighted by molar-refractivity contribution is -0.148. The lowest BCUT2D eigenvalue weighted by Gasteiger charge is -2.37. The summed E-state index contributed by atoms with van der Waals surface area (Å²) in [6.45, 7) is 8.55. The third kappa shape index (κ3) is 6.42. The standard InChI is InChI=1S/C36H37N3O5/c1-25(2)43-32(40)22-21-30(23-37)36(28-15-9-6-10-16-28,29-17-11-7-12-18-29)34-27(5)38(24-33(41)44-26(3)4)39(35(34)42)31-19-13-8-14-20-31/h6-22,25-26,30H,24H2,1-5H3/b22-21-. The first-order valence-electron chi connectivity index (χ1n) is 14.6. The summed E-state index contributed by atoms with van der Waals surface area (Å²) in [5, 5.41) is 10.8. The van der Waals surface area contributed by atoms with Gasteiger partial charge in [0, 0.05) is 11.8 Å². The molecule has 0 aliphatic rings. The average molecular weight is 592 g/mol. The van der Waals surface area contributed by atoms with Gasteiger partial charge in [-0.3, -0.25) is 14.3 Å². The fourth-order valence-electron chi connectivity index (χ4n) is 5.64. The molecule has 226 valence electrons. The highest BCUT2D eigenvalue weighted by molar-refractivity contribution is 5.82. The lowest BCUT2D eigenvalue weighted by atomic mass is 9.62. The Labute approximate surface area is 257 Å². The van der Waals surface area contributed by atoms with Gasteiger partial charge in [-0.1, -0.05) is 84.9 Å². The number of nitriles is 1. The molecule has 0 fully saturated rings. The molecule has 0 saturated heterocycles. The van der Waals surface area contributed by atoms with E-state index in [9.17, 15) is 19.6 Å². The average Bonchev–Trinajstić information content (AvgIpc) is 3.24. The Bertz CT molecular complexity index is 1670. The van der Waals surface area contributed by atoms with Gasteiger partial charge in [0.2, 0.25) is 0 Å². The first-order chi connectivity index (χ1) is 21.1. The Morgan fingerprint density at radius 2 is 1.34 bits per heavy atom. The number of carbonyl (C=O) groups excluding carboxylic acids is 2. The SMILES string of the molecule is Cc1c(C(c2ccccc2)(c2ccccc2)C(C#N)/C=C\C(=O)OC(C)C)c(=O)n(-c2ccccc2)n1CC(=O)OC(C)C. The van der Waals surface area contributed by atoms with Crippen LogP contribution in [0.15, 0.2) is 108 Å². The van der Waals surface area contributed by atoms with Crippen molar-refractivity contribution in [3.63, 3.8) is 0 Å². The molecule has 0 N–H and O–H groups in total. The highest BCUT2D eigenvalue weighted by atomic mass is 16.5. The quantitative estimate of drug-likeness (QED) is 0.159. The van der Waals surface area contributed by atoms with Gasteiger partial charge >= 0.3 is 11.9 Å². The molecule has 8 nitrogen and oxygen atoms in total. The van der Waals surface area contributed by atoms with E-state index in [1.54, 1.807) is 51.4 Å². The summed E-state index contributed by atoms with van der Waals surface area (Å²) in [7, 11) is 0. The maximum Gasteiger partial charge on any atom is 0.330 e. The number of hydrogen-bond donors (Lipinski definition) is 0. The maximum absolute atomic E-state index is 14.9. The van der Waals surface area contributed by atoms with Gasteiger partial charge in [0.25, 0.3) is 5.56 Å². The maximum atomic E-state index is 14.9. The summed E-state index contributed by atoms with van der Waals surface area (Å²) in [4.78, 5) is 40.6. The van der Waals surface area contributed by atoms with Crippen LogP contribution in [0.1, 0.15) is 50.1 Å². The van der Waals surface area contributed by atoms with Gasteiger partial charge in [-0.25, -0.2) is 9.48 Å². The summed E-state index contributed by atoms with van der Waals surface area (Å²) in [6, 6.07) is 30.0. The zero-order chi connectivity index (χ0) is 31.9. The number of esters is 2. The Kier molecular flexibility index (Phi) is 10.0. The van der Waals surface area contributed by atoms with Crippen LogP contribution in [0.3, 0.4) is 0 Å². The second-order valence-electron chi connectivity index (χ2n) is 11.0. The van der Waals surface area contributed by atoms with Crippen LogP contribution in [-0.4, -0.2) is 33.5 Å². The van der Waals surface area contributed by atoms with Crippen molar-refractivity contribution in [3.05, 3.63) is 136 Å². The zero-order valence-corrected chi connectivity index (χ0v) is 25.6. The molecule has 0 aliphatic carbocycles. The number of para-hydroxylation sites is 1. The lowest BCUT2D eigenvalue weighted by Crippen LogP contribution is -2.41. The van der Waals surface area contributed by atoms with Crippen molar-refractivity contribution in [2.24, 2.45) is 5.92 Å². The van der Waals surface area contributed by atoms with E-state index in [4.69, 9.17) is 9.47 Å². The summed E-state index contributed by atoms with van der Waals surface area (Å²) in [5.74, 6) is -2.14. The molecule has 0 aliphatic heterocycles. The summed E-state index contributed by atoms with van der Waals surface area (Å²) < 4.78 is 13.9. The Balaban J connectivity index is 2.14. The fourth-order valence-corrected chi connectivity index (χ4v) is 5.64. The molecule has 4 aromatic rings. The monoisotopic (exact) mass is 591 g/mol. The molecule has 1 aromatic heterocycles. The van der Waals surface area contributed by atoms with Gasteiger partial charge in [-0.05, 0) is 57.9 Å². The number of carbonyl (C=O) groups is 2. The molecular weight excluding hydrogens is 554 g/mol. The van der Waals surface area contributed by atoms with Crippen LogP contribution in [0.4, 0.5) is 0 Å². The van der Waals surface area contributed by atoms with E-state index in [1.165, 1.54) is 16.8 Å². The van der Waals surface area contributed by atoms with Gasteiger partial charge in [-0.15, -0.1) is 0 Å². The van der Waals surface area contributed by atoms with Crippen LogP contribution in [-0.2, 0) is 31.0 Å². The van der Waals surface area contributed by atoms with Gasteiger partial charge in [-0.2, -0.15) is 5.26 Å². The zero-order valence-electron chi connectivity index (χ0n) is 25.6. The molecule has 0 saturated carbocycles. The van der Waals surface area contributed by atoms with Crippen LogP contribution in [0.5, 0.6) is 0 Å². The minimum atomic E-state index is -1.39. The number of aromatic nitrogens is 2. The normalized spacial score (nSPS) is 12.3. The predicted molar refractivity (Wildman–Crippen MR) is 168 cm³/mol. The molecule has 3 aromatic carbocycles. The fraction of sp³-hybridized carbons (Fsp3) is 0.278. The van der Waals surface area contributed by atoms with Crippen LogP contribution in [0.25, 0.3) is 5.69 Å². The molecule has 1 unspecified atom stereocenters. The third-order valence-corrected chi connectivity index (χ3v) is 7.28. The predicted octanol–water partition coefficient (Wildman–Crippen LogP) is 5.88. The van der Waals surface area contributed by atoms with Crippen molar-refractivity contribution in [1.29, 1.82) is 5.26 Å². The van der Waals surface area contributed by atoms with Gasteiger partial charge in [0.05, 0.1) is 40.9 Å². The molecule has 1 atom stereocenters. The topological polar surface area (TPSA) is 103 Å². The molecule has 0 amide bonds. The molecule has 4 rings (SSSR count). The smallest absolute Gasteiger partial charge is 0.330 e. The Morgan fingerprint density at radius 3 is 1.82 bits per heavy atom. The van der Waals surface area contributed by atoms with E-state index in [1.807, 2.05) is 78.9 Å². The van der Waals surface area contributed by atoms with Crippen molar-refractivity contribution < 1.29 is 19.1 Å². The van der Waals surface area contributed by atoms with Crippen LogP contribution in [0, 0.1) is 24.2 Å². The number of rotatable bonds is 11. The van der Waals surface area contributed by atoms with Crippen molar-refractivity contribution in [2.75, 3.05) is 0 Å². The van der Waals surface area contributed by atoms with E-state index >= 15 is 0 Å². The number of hydrogen-bond acceptors (Lipinski definition) is 6. The molecule has 0 spiro atoms. The highest BCUT2D eigenvalue weighted by Crippen LogP contribution is 2.46. The van der Waals surface area contributed by atoms with Crippen LogP contribution >= 0.6 is 0 Å². The van der Waals surface area contributed by atoms with Crippen molar-refractivity contribution in [3.8, 4) is 11.8 Å². The summed E-state index contributed by atoms with van der Waals surface area (Å²) in [6.07, 6.45) is 2.05. The van der Waals surface area contributed by atoms with Crippen molar-refractivity contribution >= 4 is 11.9 Å². The number of nitrogens with zero attached hydrogens (tertiary/aromatic N) is 3. The molecule has 1 heterocycles. The second kappa shape index (κ2) is 13.9. The van der Waals surface area contributed by atoms with E-state index in [2.05, 4.69) is 6.07 Å². The van der Waals surface area contributed by atoms with E-state index in [0.29, 0.717) is 28.1 Å². The summed E-state index contributed by atoms with van der Waals surface area (Å²) >= 11 is 0. The number of allylic oxidation sites excluding steroid dienone is 1. The Morgan fingerprint density at radius 1 is 0.841 bits per heavy atom. The largest absolute Gasteiger partial charge is 0.462 e. The van der Waals surface area contributed by atoms with E-state index in [0.717, 1.165) is 0 Å². The van der Waals surface area contributed by atoms with Crippen LogP contribution < -0.4 is 5.56 Å². The Hall–Kier alpha value is -5.16. The second-order valence-corrected chi connectivity index (χ2v) is 11.0. The van der Waals surface area contributed by atoms with Crippen molar-refractivity contribution in [1.82, 2.24) is 9.36 Å². The first kappa shape index (κ1) is 31.8. The van der Waals surface area contributed by atoms with E-state index in [-0.39, 0.29) is 18.8 Å². The molecule has 0 radical (unpaired) electrons. The minimum absolute atomic E-state index is 0.235. The molecular formula is C36H37N3O5. The van der Waals surface area contributed by atoms with Crippen LogP contribution in [0.2, 0.25) is 0 Å². The van der Waals surface area contributed by atoms with Gasteiger partial charge < -0.3 is 9.47 Å². The number of benzene rings is 3. The molecule has 8 heteroatoms. The molecule has 44 heavy (non-hydrogen) atoms. The van der Waals surface area contributed by atoms with Gasteiger partial charge in [0.1, 0.15) is 6.54 Å². The highest BCUT2D eigenvalue weighted by Gasteiger charge is 2.48.